The third-order valence-corrected chi connectivity index (χ3v) is 3.70. The number of halogens is 1. The molecule has 0 aliphatic rings. The van der Waals surface area contributed by atoms with E-state index in [0.29, 0.717) is 10.2 Å². The summed E-state index contributed by atoms with van der Waals surface area (Å²) >= 11 is 3.25. The highest BCUT2D eigenvalue weighted by Gasteiger charge is 2.21. The Balaban J connectivity index is 2.25. The Morgan fingerprint density at radius 1 is 1.35 bits per heavy atom. The number of hydrogen-bond donors (Lipinski definition) is 1. The smallest absolute Gasteiger partial charge is 0.254 e. The first-order chi connectivity index (χ1) is 9.50. The number of benzene rings is 1. The molecule has 2 aromatic rings. The lowest BCUT2D eigenvalue weighted by atomic mass is 10.1. The van der Waals surface area contributed by atoms with Gasteiger partial charge in [-0.25, -0.2) is 4.98 Å². The molecule has 104 valence electrons. The maximum atomic E-state index is 12.4. The molecule has 1 N–H and O–H groups in total. The van der Waals surface area contributed by atoms with Gasteiger partial charge in [-0.1, -0.05) is 18.2 Å². The van der Waals surface area contributed by atoms with Crippen molar-refractivity contribution >= 4 is 21.8 Å². The van der Waals surface area contributed by atoms with Crippen LogP contribution in [0.1, 0.15) is 28.9 Å². The fourth-order valence-corrected chi connectivity index (χ4v) is 2.33. The van der Waals surface area contributed by atoms with Crippen molar-refractivity contribution in [2.45, 2.75) is 13.0 Å². The molecular weight excluding hydrogens is 320 g/mol. The number of amides is 1. The first kappa shape index (κ1) is 14.5. The molecule has 20 heavy (non-hydrogen) atoms. The van der Waals surface area contributed by atoms with Crippen molar-refractivity contribution in [1.29, 1.82) is 0 Å². The quantitative estimate of drug-likeness (QED) is 0.875. The Morgan fingerprint density at radius 2 is 2.05 bits per heavy atom. The number of carbonyl (C=O) groups excluding carboxylic acids is 1. The number of para-hydroxylation sites is 1. The van der Waals surface area contributed by atoms with E-state index in [9.17, 15) is 9.90 Å². The van der Waals surface area contributed by atoms with Crippen molar-refractivity contribution in [3.63, 3.8) is 0 Å². The van der Waals surface area contributed by atoms with Gasteiger partial charge in [0, 0.05) is 24.4 Å². The SMILES string of the molecule is CC(c1ccccc1O)N(C)C(=O)c1ccnc(Br)c1. The molecule has 1 unspecified atom stereocenters. The number of aromatic hydroxyl groups is 1. The second kappa shape index (κ2) is 6.05. The second-order valence-corrected chi connectivity index (χ2v) is 5.33. The summed E-state index contributed by atoms with van der Waals surface area (Å²) in [7, 11) is 1.72. The minimum atomic E-state index is -0.226. The number of aromatic nitrogens is 1. The lowest BCUT2D eigenvalue weighted by Crippen LogP contribution is -2.29. The molecule has 2 rings (SSSR count). The molecule has 0 aliphatic carbocycles. The molecule has 0 radical (unpaired) electrons. The summed E-state index contributed by atoms with van der Waals surface area (Å²) in [6.45, 7) is 1.88. The fourth-order valence-electron chi connectivity index (χ4n) is 1.96. The summed E-state index contributed by atoms with van der Waals surface area (Å²) < 4.78 is 0.618. The Labute approximate surface area is 126 Å². The van der Waals surface area contributed by atoms with Crippen molar-refractivity contribution in [2.75, 3.05) is 7.05 Å². The molecular formula is C15H15BrN2O2. The van der Waals surface area contributed by atoms with E-state index < -0.39 is 0 Å². The molecule has 0 saturated carbocycles. The van der Waals surface area contributed by atoms with E-state index in [1.165, 1.54) is 0 Å². The van der Waals surface area contributed by atoms with Crippen LogP contribution in [0.4, 0.5) is 0 Å². The molecule has 0 bridgehead atoms. The Kier molecular flexibility index (Phi) is 4.39. The van der Waals surface area contributed by atoms with Crippen molar-refractivity contribution in [3.05, 3.63) is 58.3 Å². The molecule has 1 aromatic carbocycles. The van der Waals surface area contributed by atoms with Crippen LogP contribution in [0.25, 0.3) is 0 Å². The van der Waals surface area contributed by atoms with Crippen molar-refractivity contribution in [2.24, 2.45) is 0 Å². The number of pyridine rings is 1. The summed E-state index contributed by atoms with van der Waals surface area (Å²) in [4.78, 5) is 18.0. The molecule has 1 amide bonds. The highest BCUT2D eigenvalue weighted by Crippen LogP contribution is 2.28. The van der Waals surface area contributed by atoms with Crippen LogP contribution in [0.5, 0.6) is 5.75 Å². The van der Waals surface area contributed by atoms with E-state index in [-0.39, 0.29) is 17.7 Å². The summed E-state index contributed by atoms with van der Waals surface area (Å²) in [6, 6.07) is 10.1. The van der Waals surface area contributed by atoms with Gasteiger partial charge in [-0.2, -0.15) is 0 Å². The van der Waals surface area contributed by atoms with Crippen LogP contribution in [0.3, 0.4) is 0 Å². The first-order valence-corrected chi connectivity index (χ1v) is 6.96. The minimum Gasteiger partial charge on any atom is -0.508 e. The number of rotatable bonds is 3. The van der Waals surface area contributed by atoms with Crippen LogP contribution in [-0.4, -0.2) is 27.9 Å². The summed E-state index contributed by atoms with van der Waals surface area (Å²) in [5.41, 5.74) is 1.27. The normalized spacial score (nSPS) is 11.9. The third-order valence-electron chi connectivity index (χ3n) is 3.26. The zero-order valence-electron chi connectivity index (χ0n) is 11.2. The predicted octanol–water partition coefficient (Wildman–Crippen LogP) is 3.38. The molecule has 0 fully saturated rings. The van der Waals surface area contributed by atoms with Gasteiger partial charge in [0.15, 0.2) is 0 Å². The van der Waals surface area contributed by atoms with Crippen LogP contribution in [-0.2, 0) is 0 Å². The minimum absolute atomic E-state index is 0.121. The topological polar surface area (TPSA) is 53.4 Å². The number of hydrogen-bond acceptors (Lipinski definition) is 3. The molecule has 0 saturated heterocycles. The molecule has 4 nitrogen and oxygen atoms in total. The van der Waals surface area contributed by atoms with Crippen LogP contribution >= 0.6 is 15.9 Å². The second-order valence-electron chi connectivity index (χ2n) is 4.52. The van der Waals surface area contributed by atoms with Gasteiger partial charge in [0.25, 0.3) is 5.91 Å². The summed E-state index contributed by atoms with van der Waals surface area (Å²) in [5.74, 6) is 0.0689. The van der Waals surface area contributed by atoms with Crippen LogP contribution < -0.4 is 0 Å². The van der Waals surface area contributed by atoms with Crippen LogP contribution in [0, 0.1) is 0 Å². The molecule has 1 aromatic heterocycles. The van der Waals surface area contributed by atoms with Gasteiger partial charge < -0.3 is 10.0 Å². The molecule has 1 atom stereocenters. The fraction of sp³-hybridized carbons (Fsp3) is 0.200. The molecule has 0 aliphatic heterocycles. The van der Waals surface area contributed by atoms with Gasteiger partial charge in [0.05, 0.1) is 6.04 Å². The van der Waals surface area contributed by atoms with Crippen LogP contribution in [0.15, 0.2) is 47.2 Å². The standard InChI is InChI=1S/C15H15BrN2O2/c1-10(12-5-3-4-6-13(12)19)18(2)15(20)11-7-8-17-14(16)9-11/h3-10,19H,1-2H3. The third kappa shape index (κ3) is 2.99. The number of nitrogens with zero attached hydrogens (tertiary/aromatic N) is 2. The molecule has 0 spiro atoms. The average Bonchev–Trinajstić information content (AvgIpc) is 2.45. The molecule has 5 heteroatoms. The van der Waals surface area contributed by atoms with E-state index in [4.69, 9.17) is 0 Å². The maximum Gasteiger partial charge on any atom is 0.254 e. The zero-order valence-corrected chi connectivity index (χ0v) is 12.8. The first-order valence-electron chi connectivity index (χ1n) is 6.17. The predicted molar refractivity (Wildman–Crippen MR) is 80.6 cm³/mol. The van der Waals surface area contributed by atoms with E-state index >= 15 is 0 Å². The monoisotopic (exact) mass is 334 g/mol. The number of phenols is 1. The summed E-state index contributed by atoms with van der Waals surface area (Å²) in [5, 5.41) is 9.87. The maximum absolute atomic E-state index is 12.4. The van der Waals surface area contributed by atoms with Crippen molar-refractivity contribution in [3.8, 4) is 5.75 Å². The lowest BCUT2D eigenvalue weighted by molar-refractivity contribution is 0.0741. The van der Waals surface area contributed by atoms with Crippen LogP contribution in [0.2, 0.25) is 0 Å². The number of carbonyl (C=O) groups is 1. The average molecular weight is 335 g/mol. The zero-order chi connectivity index (χ0) is 14.7. The Hall–Kier alpha value is -1.88. The van der Waals surface area contributed by atoms with E-state index in [0.717, 1.165) is 5.56 Å². The highest BCUT2D eigenvalue weighted by atomic mass is 79.9. The van der Waals surface area contributed by atoms with Gasteiger partial charge in [-0.05, 0) is 41.1 Å². The van der Waals surface area contributed by atoms with E-state index in [1.807, 2.05) is 19.1 Å². The Bertz CT molecular complexity index is 631. The summed E-state index contributed by atoms with van der Waals surface area (Å²) in [6.07, 6.45) is 1.58. The highest BCUT2D eigenvalue weighted by molar-refractivity contribution is 9.10. The van der Waals surface area contributed by atoms with Gasteiger partial charge in [0.1, 0.15) is 10.4 Å². The van der Waals surface area contributed by atoms with Crippen molar-refractivity contribution in [1.82, 2.24) is 9.88 Å². The van der Waals surface area contributed by atoms with E-state index in [2.05, 4.69) is 20.9 Å². The van der Waals surface area contributed by atoms with E-state index in [1.54, 1.807) is 42.4 Å². The largest absolute Gasteiger partial charge is 0.508 e. The number of phenolic OH excluding ortho intramolecular Hbond substituents is 1. The van der Waals surface area contributed by atoms with Gasteiger partial charge in [-0.3, -0.25) is 4.79 Å². The Morgan fingerprint density at radius 3 is 2.70 bits per heavy atom. The van der Waals surface area contributed by atoms with Gasteiger partial charge in [0.2, 0.25) is 0 Å². The van der Waals surface area contributed by atoms with Gasteiger partial charge >= 0.3 is 0 Å². The van der Waals surface area contributed by atoms with Gasteiger partial charge in [-0.15, -0.1) is 0 Å². The lowest BCUT2D eigenvalue weighted by Gasteiger charge is -2.26. The molecule has 1 heterocycles. The van der Waals surface area contributed by atoms with Crippen molar-refractivity contribution < 1.29 is 9.90 Å².